The number of anilines is 2. The molecule has 0 radical (unpaired) electrons. The Morgan fingerprint density at radius 2 is 1.84 bits per heavy atom. The van der Waals surface area contributed by atoms with Crippen LogP contribution in [-0.2, 0) is 0 Å². The van der Waals surface area contributed by atoms with Crippen LogP contribution in [-0.4, -0.2) is 52.9 Å². The summed E-state index contributed by atoms with van der Waals surface area (Å²) in [5.74, 6) is 0.239. The normalized spacial score (nSPS) is 10.8. The van der Waals surface area contributed by atoms with E-state index in [1.807, 2.05) is 44.4 Å². The molecule has 1 aromatic carbocycles. The van der Waals surface area contributed by atoms with Gasteiger partial charge >= 0.3 is 0 Å². The lowest BCUT2D eigenvalue weighted by Crippen LogP contribution is -2.21. The van der Waals surface area contributed by atoms with Crippen molar-refractivity contribution in [3.05, 3.63) is 54.5 Å². The number of nitrogens with one attached hydrogen (secondary N) is 2. The Hall–Kier alpha value is -3.06. The SMILES string of the molecule is CN(C)CCNc1ncc(C(=O)Nc2cccc3cccnc23)cn1. The molecule has 2 N–H and O–H groups in total. The third-order valence-electron chi connectivity index (χ3n) is 3.64. The highest BCUT2D eigenvalue weighted by atomic mass is 16.1. The summed E-state index contributed by atoms with van der Waals surface area (Å²) >= 11 is 0. The number of fused-ring (bicyclic) bond motifs is 1. The average Bonchev–Trinajstić information content (AvgIpc) is 2.62. The van der Waals surface area contributed by atoms with Crippen LogP contribution in [0.1, 0.15) is 10.4 Å². The zero-order valence-corrected chi connectivity index (χ0v) is 14.2. The molecular formula is C18H20N6O. The van der Waals surface area contributed by atoms with Gasteiger partial charge in [-0.05, 0) is 26.2 Å². The molecule has 0 unspecified atom stereocenters. The van der Waals surface area contributed by atoms with Gasteiger partial charge in [0, 0.05) is 37.1 Å². The highest BCUT2D eigenvalue weighted by molar-refractivity contribution is 6.08. The van der Waals surface area contributed by atoms with Crippen molar-refractivity contribution in [2.75, 3.05) is 37.8 Å². The van der Waals surface area contributed by atoms with Crippen molar-refractivity contribution in [1.29, 1.82) is 0 Å². The fourth-order valence-corrected chi connectivity index (χ4v) is 2.33. The summed E-state index contributed by atoms with van der Waals surface area (Å²) in [5, 5.41) is 6.95. The van der Waals surface area contributed by atoms with Gasteiger partial charge in [-0.2, -0.15) is 0 Å². The number of para-hydroxylation sites is 1. The zero-order chi connectivity index (χ0) is 17.6. The van der Waals surface area contributed by atoms with Gasteiger partial charge in [0.25, 0.3) is 5.91 Å². The van der Waals surface area contributed by atoms with Gasteiger partial charge in [0.1, 0.15) is 0 Å². The lowest BCUT2D eigenvalue weighted by Gasteiger charge is -2.10. The van der Waals surface area contributed by atoms with Crippen LogP contribution in [0.15, 0.2) is 48.9 Å². The third kappa shape index (κ3) is 4.27. The van der Waals surface area contributed by atoms with Crippen molar-refractivity contribution in [1.82, 2.24) is 19.9 Å². The number of carbonyl (C=O) groups excluding carboxylic acids is 1. The van der Waals surface area contributed by atoms with E-state index in [0.29, 0.717) is 17.2 Å². The van der Waals surface area contributed by atoms with Crippen molar-refractivity contribution < 1.29 is 4.79 Å². The maximum atomic E-state index is 12.4. The first-order chi connectivity index (χ1) is 12.1. The number of nitrogens with zero attached hydrogens (tertiary/aromatic N) is 4. The molecule has 2 heterocycles. The van der Waals surface area contributed by atoms with Gasteiger partial charge in [0.2, 0.25) is 5.95 Å². The minimum atomic E-state index is -0.266. The van der Waals surface area contributed by atoms with Crippen LogP contribution in [0.5, 0.6) is 0 Å². The lowest BCUT2D eigenvalue weighted by atomic mass is 10.2. The molecule has 0 saturated heterocycles. The van der Waals surface area contributed by atoms with E-state index in [0.717, 1.165) is 24.0 Å². The maximum absolute atomic E-state index is 12.4. The van der Waals surface area contributed by atoms with Gasteiger partial charge < -0.3 is 15.5 Å². The number of pyridine rings is 1. The predicted octanol–water partition coefficient (Wildman–Crippen LogP) is 2.25. The lowest BCUT2D eigenvalue weighted by molar-refractivity contribution is 0.102. The Labute approximate surface area is 146 Å². The molecule has 7 nitrogen and oxygen atoms in total. The van der Waals surface area contributed by atoms with Crippen molar-refractivity contribution in [3.63, 3.8) is 0 Å². The summed E-state index contributed by atoms with van der Waals surface area (Å²) in [5.41, 5.74) is 1.81. The van der Waals surface area contributed by atoms with Crippen LogP contribution in [0, 0.1) is 0 Å². The summed E-state index contributed by atoms with van der Waals surface area (Å²) in [6.07, 6.45) is 4.73. The van der Waals surface area contributed by atoms with Gasteiger partial charge in [-0.25, -0.2) is 9.97 Å². The van der Waals surface area contributed by atoms with Crippen molar-refractivity contribution in [2.24, 2.45) is 0 Å². The van der Waals surface area contributed by atoms with Crippen molar-refractivity contribution in [3.8, 4) is 0 Å². The number of amides is 1. The summed E-state index contributed by atoms with van der Waals surface area (Å²) in [6, 6.07) is 9.48. The standard InChI is InChI=1S/C18H20N6O/c1-24(2)10-9-20-18-21-11-14(12-22-18)17(25)23-15-7-3-5-13-6-4-8-19-16(13)15/h3-8,11-12H,9-10H2,1-2H3,(H,23,25)(H,20,21,22). The molecular weight excluding hydrogens is 316 g/mol. The molecule has 25 heavy (non-hydrogen) atoms. The van der Waals surface area contributed by atoms with E-state index in [2.05, 4.69) is 30.5 Å². The number of rotatable bonds is 6. The number of hydrogen-bond donors (Lipinski definition) is 2. The van der Waals surface area contributed by atoms with Crippen molar-refractivity contribution in [2.45, 2.75) is 0 Å². The quantitative estimate of drug-likeness (QED) is 0.718. The molecule has 0 spiro atoms. The second kappa shape index (κ2) is 7.67. The highest BCUT2D eigenvalue weighted by Gasteiger charge is 2.10. The highest BCUT2D eigenvalue weighted by Crippen LogP contribution is 2.21. The minimum absolute atomic E-state index is 0.266. The molecule has 3 aromatic rings. The molecule has 0 aliphatic heterocycles. The largest absolute Gasteiger partial charge is 0.353 e. The molecule has 0 atom stereocenters. The monoisotopic (exact) mass is 336 g/mol. The Morgan fingerprint density at radius 3 is 2.60 bits per heavy atom. The first-order valence-electron chi connectivity index (χ1n) is 7.99. The molecule has 128 valence electrons. The van der Waals surface area contributed by atoms with Crippen LogP contribution in [0.3, 0.4) is 0 Å². The first-order valence-corrected chi connectivity index (χ1v) is 7.99. The molecule has 0 fully saturated rings. The maximum Gasteiger partial charge on any atom is 0.258 e. The fraction of sp³-hybridized carbons (Fsp3) is 0.222. The third-order valence-corrected chi connectivity index (χ3v) is 3.64. The van der Waals surface area contributed by atoms with Crippen molar-refractivity contribution >= 4 is 28.4 Å². The smallest absolute Gasteiger partial charge is 0.258 e. The van der Waals surface area contributed by atoms with E-state index in [9.17, 15) is 4.79 Å². The molecule has 2 aromatic heterocycles. The molecule has 0 bridgehead atoms. The number of benzene rings is 1. The van der Waals surface area contributed by atoms with Crippen LogP contribution in [0.2, 0.25) is 0 Å². The number of carbonyl (C=O) groups is 1. The van der Waals surface area contributed by atoms with E-state index >= 15 is 0 Å². The summed E-state index contributed by atoms with van der Waals surface area (Å²) in [4.78, 5) is 27.2. The van der Waals surface area contributed by atoms with E-state index in [-0.39, 0.29) is 5.91 Å². The predicted molar refractivity (Wildman–Crippen MR) is 98.8 cm³/mol. The summed E-state index contributed by atoms with van der Waals surface area (Å²) < 4.78 is 0. The molecule has 7 heteroatoms. The minimum Gasteiger partial charge on any atom is -0.353 e. The van der Waals surface area contributed by atoms with Gasteiger partial charge in [-0.3, -0.25) is 9.78 Å². The topological polar surface area (TPSA) is 83.0 Å². The van der Waals surface area contributed by atoms with E-state index in [1.54, 1.807) is 6.20 Å². The first kappa shape index (κ1) is 16.8. The Morgan fingerprint density at radius 1 is 1.08 bits per heavy atom. The van der Waals surface area contributed by atoms with Crippen LogP contribution < -0.4 is 10.6 Å². The van der Waals surface area contributed by atoms with Crippen LogP contribution >= 0.6 is 0 Å². The molecule has 3 rings (SSSR count). The molecule has 0 saturated carbocycles. The van der Waals surface area contributed by atoms with Gasteiger partial charge in [-0.15, -0.1) is 0 Å². The molecule has 0 aliphatic carbocycles. The second-order valence-corrected chi connectivity index (χ2v) is 5.86. The molecule has 0 aliphatic rings. The van der Waals surface area contributed by atoms with Gasteiger partial charge in [0.05, 0.1) is 16.8 Å². The fourth-order valence-electron chi connectivity index (χ4n) is 2.33. The zero-order valence-electron chi connectivity index (χ0n) is 14.2. The number of aromatic nitrogens is 3. The summed E-state index contributed by atoms with van der Waals surface area (Å²) in [6.45, 7) is 1.61. The Kier molecular flexibility index (Phi) is 5.15. The van der Waals surface area contributed by atoms with Gasteiger partial charge in [-0.1, -0.05) is 18.2 Å². The Balaban J connectivity index is 1.68. The average molecular weight is 336 g/mol. The van der Waals surface area contributed by atoms with E-state index < -0.39 is 0 Å². The van der Waals surface area contributed by atoms with Gasteiger partial charge in [0.15, 0.2) is 0 Å². The summed E-state index contributed by atoms with van der Waals surface area (Å²) in [7, 11) is 4.00. The van der Waals surface area contributed by atoms with Crippen LogP contribution in [0.25, 0.3) is 10.9 Å². The van der Waals surface area contributed by atoms with Crippen LogP contribution in [0.4, 0.5) is 11.6 Å². The number of hydrogen-bond acceptors (Lipinski definition) is 6. The Bertz CT molecular complexity index is 858. The van der Waals surface area contributed by atoms with E-state index in [4.69, 9.17) is 0 Å². The molecule has 1 amide bonds. The second-order valence-electron chi connectivity index (χ2n) is 5.86. The number of likely N-dealkylation sites (N-methyl/N-ethyl adjacent to an activating group) is 1. The van der Waals surface area contributed by atoms with E-state index in [1.165, 1.54) is 12.4 Å².